The molecule has 0 aromatic heterocycles. The van der Waals surface area contributed by atoms with Crippen LogP contribution in [0.3, 0.4) is 0 Å². The van der Waals surface area contributed by atoms with Gasteiger partial charge in [-0.25, -0.2) is 13.2 Å². The Balaban J connectivity index is 1.58. The second kappa shape index (κ2) is 11.4. The molecule has 9 nitrogen and oxygen atoms in total. The van der Waals surface area contributed by atoms with Crippen LogP contribution in [0.5, 0.6) is 0 Å². The summed E-state index contributed by atoms with van der Waals surface area (Å²) in [5.41, 5.74) is 0.733. The van der Waals surface area contributed by atoms with E-state index in [0.29, 0.717) is 17.9 Å². The number of hydrogen-bond acceptors (Lipinski definition) is 5. The number of carbonyl (C=O) groups excluding carboxylic acids is 2. The van der Waals surface area contributed by atoms with Crippen LogP contribution < -0.4 is 16.0 Å². The normalized spacial score (nSPS) is 17.0. The van der Waals surface area contributed by atoms with E-state index in [0.717, 1.165) is 5.56 Å². The van der Waals surface area contributed by atoms with Crippen LogP contribution in [0.15, 0.2) is 71.8 Å². The maximum atomic E-state index is 13.0. The minimum Gasteiger partial charge on any atom is -0.511 e. The highest BCUT2D eigenvalue weighted by molar-refractivity contribution is 7.89. The van der Waals surface area contributed by atoms with Gasteiger partial charge in [-0.1, -0.05) is 54.6 Å². The van der Waals surface area contributed by atoms with Crippen molar-refractivity contribution < 1.29 is 23.1 Å². The molecule has 2 aromatic rings. The van der Waals surface area contributed by atoms with Crippen LogP contribution in [0.4, 0.5) is 4.79 Å². The van der Waals surface area contributed by atoms with E-state index in [-0.39, 0.29) is 30.3 Å². The Labute approximate surface area is 203 Å². The molecule has 0 aliphatic carbocycles. The summed E-state index contributed by atoms with van der Waals surface area (Å²) in [7, 11) is -3.85. The Morgan fingerprint density at radius 3 is 2.47 bits per heavy atom. The van der Waals surface area contributed by atoms with Crippen LogP contribution in [-0.2, 0) is 21.4 Å². The lowest BCUT2D eigenvalue weighted by atomic mass is 10.2. The van der Waals surface area contributed by atoms with E-state index in [9.17, 15) is 23.1 Å². The molecule has 0 bridgehead atoms. The van der Waals surface area contributed by atoms with Gasteiger partial charge in [0.05, 0.1) is 4.90 Å². The molecule has 0 radical (unpaired) electrons. The Kier molecular flexibility index (Phi) is 8.54. The molecule has 1 heterocycles. The van der Waals surface area contributed by atoms with Gasteiger partial charge in [-0.05, 0) is 36.6 Å². The number of hydrogen-bond donors (Lipinski definition) is 4. The van der Waals surface area contributed by atoms with Crippen molar-refractivity contribution in [3.05, 3.63) is 77.5 Å². The number of halogens is 1. The number of aliphatic hydroxyl groups excluding tert-OH is 1. The highest BCUT2D eigenvalue weighted by atomic mass is 35.5. The first-order valence-electron chi connectivity index (χ1n) is 10.7. The van der Waals surface area contributed by atoms with Crippen LogP contribution in [0, 0.1) is 0 Å². The summed E-state index contributed by atoms with van der Waals surface area (Å²) >= 11 is 6.07. The van der Waals surface area contributed by atoms with Crippen molar-refractivity contribution in [2.75, 3.05) is 13.1 Å². The summed E-state index contributed by atoms with van der Waals surface area (Å²) in [5, 5.41) is 18.2. The third-order valence-electron chi connectivity index (χ3n) is 5.44. The van der Waals surface area contributed by atoms with Crippen molar-refractivity contribution in [2.24, 2.45) is 0 Å². The fraction of sp³-hybridized carbons (Fsp3) is 0.304. The van der Waals surface area contributed by atoms with Gasteiger partial charge in [0, 0.05) is 24.7 Å². The summed E-state index contributed by atoms with van der Waals surface area (Å²) in [6.07, 6.45) is 0.867. The summed E-state index contributed by atoms with van der Waals surface area (Å²) < 4.78 is 27.2. The summed E-state index contributed by atoms with van der Waals surface area (Å²) in [5.74, 6) is -0.939. The molecule has 1 fully saturated rings. The van der Waals surface area contributed by atoms with Gasteiger partial charge in [0.2, 0.25) is 15.9 Å². The summed E-state index contributed by atoms with van der Waals surface area (Å²) in [6.45, 7) is 3.71. The predicted molar refractivity (Wildman–Crippen MR) is 129 cm³/mol. The average molecular weight is 507 g/mol. The Bertz CT molecular complexity index is 1140. The maximum absolute atomic E-state index is 13.0. The first-order valence-corrected chi connectivity index (χ1v) is 12.5. The molecule has 3 amide bonds. The number of urea groups is 1. The molecular weight excluding hydrogens is 480 g/mol. The van der Waals surface area contributed by atoms with Crippen LogP contribution in [-0.4, -0.2) is 54.9 Å². The van der Waals surface area contributed by atoms with E-state index in [2.05, 4.69) is 22.5 Å². The largest absolute Gasteiger partial charge is 0.511 e. The number of aliphatic hydroxyl groups is 1. The summed E-state index contributed by atoms with van der Waals surface area (Å²) in [4.78, 5) is 25.2. The lowest BCUT2D eigenvalue weighted by Crippen LogP contribution is -2.52. The summed E-state index contributed by atoms with van der Waals surface area (Å²) in [6, 6.07) is 12.5. The SMILES string of the molecule is C=C(O)[C@H](CNC(=O)NCc1ccccc1Cl)NC(=O)[C@@H]1CCCN1S(=O)(=O)c1ccccc1. The molecule has 0 saturated carbocycles. The van der Waals surface area contributed by atoms with Crippen LogP contribution >= 0.6 is 11.6 Å². The third kappa shape index (κ3) is 6.28. The highest BCUT2D eigenvalue weighted by Crippen LogP contribution is 2.26. The van der Waals surface area contributed by atoms with Crippen LogP contribution in [0.2, 0.25) is 5.02 Å². The van der Waals surface area contributed by atoms with Gasteiger partial charge in [-0.2, -0.15) is 4.31 Å². The second-order valence-electron chi connectivity index (χ2n) is 7.79. The van der Waals surface area contributed by atoms with Crippen molar-refractivity contribution in [2.45, 2.75) is 36.4 Å². The van der Waals surface area contributed by atoms with Crippen molar-refractivity contribution in [3.8, 4) is 0 Å². The number of sulfonamides is 1. The molecule has 1 aliphatic rings. The molecule has 2 aromatic carbocycles. The number of amides is 3. The first-order chi connectivity index (χ1) is 16.2. The number of nitrogens with zero attached hydrogens (tertiary/aromatic N) is 1. The predicted octanol–water partition coefficient (Wildman–Crippen LogP) is 2.55. The Morgan fingerprint density at radius 1 is 1.12 bits per heavy atom. The number of rotatable bonds is 9. The molecular formula is C23H27ClN4O5S. The topological polar surface area (TPSA) is 128 Å². The molecule has 182 valence electrons. The van der Waals surface area contributed by atoms with Crippen molar-refractivity contribution in [1.29, 1.82) is 0 Å². The number of nitrogens with one attached hydrogen (secondary N) is 3. The molecule has 34 heavy (non-hydrogen) atoms. The quantitative estimate of drug-likeness (QED) is 0.389. The lowest BCUT2D eigenvalue weighted by molar-refractivity contribution is -0.124. The fourth-order valence-corrected chi connectivity index (χ4v) is 5.49. The molecule has 0 spiro atoms. The molecule has 3 rings (SSSR count). The molecule has 1 saturated heterocycles. The minimum absolute atomic E-state index is 0.106. The first kappa shape index (κ1) is 25.5. The van der Waals surface area contributed by atoms with Crippen LogP contribution in [0.25, 0.3) is 0 Å². The minimum atomic E-state index is -3.85. The highest BCUT2D eigenvalue weighted by Gasteiger charge is 2.40. The zero-order chi connectivity index (χ0) is 24.7. The van der Waals surface area contributed by atoms with Gasteiger partial charge < -0.3 is 21.1 Å². The van der Waals surface area contributed by atoms with Gasteiger partial charge in [0.1, 0.15) is 17.8 Å². The van der Waals surface area contributed by atoms with E-state index in [1.54, 1.807) is 42.5 Å². The Morgan fingerprint density at radius 2 is 1.79 bits per heavy atom. The maximum Gasteiger partial charge on any atom is 0.315 e. The van der Waals surface area contributed by atoms with E-state index in [4.69, 9.17) is 11.6 Å². The van der Waals surface area contributed by atoms with E-state index >= 15 is 0 Å². The third-order valence-corrected chi connectivity index (χ3v) is 7.73. The van der Waals surface area contributed by atoms with Gasteiger partial charge in [0.15, 0.2) is 0 Å². The van der Waals surface area contributed by atoms with Crippen molar-refractivity contribution >= 4 is 33.6 Å². The van der Waals surface area contributed by atoms with E-state index < -0.39 is 34.0 Å². The van der Waals surface area contributed by atoms with E-state index in [1.165, 1.54) is 16.4 Å². The van der Waals surface area contributed by atoms with Gasteiger partial charge in [-0.15, -0.1) is 0 Å². The van der Waals surface area contributed by atoms with E-state index in [1.807, 2.05) is 0 Å². The van der Waals surface area contributed by atoms with Crippen molar-refractivity contribution in [3.63, 3.8) is 0 Å². The van der Waals surface area contributed by atoms with Gasteiger partial charge in [0.25, 0.3) is 0 Å². The Hall–Kier alpha value is -3.08. The van der Waals surface area contributed by atoms with Crippen molar-refractivity contribution in [1.82, 2.24) is 20.3 Å². The average Bonchev–Trinajstić information content (AvgIpc) is 3.32. The standard InChI is InChI=1S/C23H27ClN4O5S/c1-16(29)20(15-26-23(31)25-14-17-8-5-6-11-19(17)24)27-22(30)21-12-7-13-28(21)34(32,33)18-9-3-2-4-10-18/h2-6,8-11,20-21,29H,1,7,12-15H2,(H,27,30)(H2,25,26,31)/t20-,21-/m0/s1. The fourth-order valence-electron chi connectivity index (χ4n) is 3.61. The van der Waals surface area contributed by atoms with Crippen LogP contribution in [0.1, 0.15) is 18.4 Å². The van der Waals surface area contributed by atoms with Gasteiger partial charge >= 0.3 is 6.03 Å². The second-order valence-corrected chi connectivity index (χ2v) is 10.1. The smallest absolute Gasteiger partial charge is 0.315 e. The molecule has 0 unspecified atom stereocenters. The molecule has 2 atom stereocenters. The van der Waals surface area contributed by atoms with Gasteiger partial charge in [-0.3, -0.25) is 4.79 Å². The molecule has 1 aliphatic heterocycles. The number of benzene rings is 2. The zero-order valence-electron chi connectivity index (χ0n) is 18.4. The monoisotopic (exact) mass is 506 g/mol. The molecule has 4 N–H and O–H groups in total. The molecule has 11 heteroatoms. The zero-order valence-corrected chi connectivity index (χ0v) is 20.0. The number of carbonyl (C=O) groups is 2. The lowest BCUT2D eigenvalue weighted by Gasteiger charge is -2.26.